The molecule has 8 heteroatoms. The maximum absolute atomic E-state index is 12.5. The van der Waals surface area contributed by atoms with Crippen LogP contribution < -0.4 is 9.04 Å². The Balaban J connectivity index is 0.00000121. The maximum atomic E-state index is 12.5. The van der Waals surface area contributed by atoms with Crippen LogP contribution in [-0.2, 0) is 30.1 Å². The molecule has 6 nitrogen and oxygen atoms in total. The van der Waals surface area contributed by atoms with Crippen molar-refractivity contribution in [3.63, 3.8) is 0 Å². The second kappa shape index (κ2) is 6.56. The van der Waals surface area contributed by atoms with Crippen LogP contribution in [-0.4, -0.2) is 30.2 Å². The van der Waals surface area contributed by atoms with Crippen molar-refractivity contribution in [2.24, 2.45) is 0 Å². The van der Waals surface area contributed by atoms with Gasteiger partial charge in [-0.1, -0.05) is 0 Å². The smallest absolute Gasteiger partial charge is 0.210 e. The van der Waals surface area contributed by atoms with Crippen LogP contribution in [0.2, 0.25) is 0 Å². The molecule has 0 spiro atoms. The average molecular weight is 502 g/mol. The summed E-state index contributed by atoms with van der Waals surface area (Å²) in [7, 11) is -3.45. The van der Waals surface area contributed by atoms with Crippen molar-refractivity contribution in [2.45, 2.75) is 26.8 Å². The summed E-state index contributed by atoms with van der Waals surface area (Å²) in [5.41, 5.74) is 1.17. The van der Waals surface area contributed by atoms with Crippen LogP contribution in [0.15, 0.2) is 18.3 Å². The van der Waals surface area contributed by atoms with E-state index in [2.05, 4.69) is 9.97 Å². The van der Waals surface area contributed by atoms with E-state index < -0.39 is 10.0 Å². The molecule has 125 valence electrons. The summed E-state index contributed by atoms with van der Waals surface area (Å²) >= 11 is 0. The van der Waals surface area contributed by atoms with Crippen molar-refractivity contribution in [1.29, 1.82) is 0 Å². The number of aromatic amines is 1. The second-order valence-electron chi connectivity index (χ2n) is 5.18. The third-order valence-corrected chi connectivity index (χ3v) is 5.13. The van der Waals surface area contributed by atoms with Crippen LogP contribution in [0.5, 0.6) is 5.88 Å². The molecule has 0 aliphatic carbocycles. The zero-order valence-corrected chi connectivity index (χ0v) is 16.1. The SMILES string of the molecule is C[C-]1CS(=O)(=O)N(C(C)C)c2cc3cc[nH]c3nc2O1.[CH3-].[Ir]. The van der Waals surface area contributed by atoms with E-state index in [1.54, 1.807) is 19.2 Å². The van der Waals surface area contributed by atoms with Crippen molar-refractivity contribution in [1.82, 2.24) is 9.97 Å². The van der Waals surface area contributed by atoms with E-state index in [-0.39, 0.29) is 39.3 Å². The number of hydrogen-bond donors (Lipinski definition) is 1. The van der Waals surface area contributed by atoms with Crippen LogP contribution in [0.4, 0.5) is 5.69 Å². The minimum Gasteiger partial charge on any atom is -0.644 e. The predicted octanol–water partition coefficient (Wildman–Crippen LogP) is 2.50. The van der Waals surface area contributed by atoms with Crippen molar-refractivity contribution in [3.05, 3.63) is 31.9 Å². The molecule has 0 atom stereocenters. The Morgan fingerprint density at radius 1 is 1.45 bits per heavy atom. The Morgan fingerprint density at radius 2 is 2.14 bits per heavy atom. The molecule has 0 saturated heterocycles. The summed E-state index contributed by atoms with van der Waals surface area (Å²) < 4.78 is 32.0. The largest absolute Gasteiger partial charge is 0.644 e. The Morgan fingerprint density at radius 3 is 2.77 bits per heavy atom. The van der Waals surface area contributed by atoms with Crippen LogP contribution in [0.25, 0.3) is 11.0 Å². The van der Waals surface area contributed by atoms with Crippen LogP contribution in [0.3, 0.4) is 0 Å². The van der Waals surface area contributed by atoms with Gasteiger partial charge in [-0.3, -0.25) is 4.31 Å². The zero-order chi connectivity index (χ0) is 14.5. The molecule has 0 aromatic carbocycles. The molecule has 0 fully saturated rings. The zero-order valence-electron chi connectivity index (χ0n) is 12.9. The number of ether oxygens (including phenoxy) is 1. The van der Waals surface area contributed by atoms with Gasteiger partial charge in [0.1, 0.15) is 11.3 Å². The monoisotopic (exact) mass is 502 g/mol. The van der Waals surface area contributed by atoms with Gasteiger partial charge in [0.15, 0.2) is 0 Å². The number of anilines is 1. The third kappa shape index (κ3) is 3.14. The van der Waals surface area contributed by atoms with Crippen molar-refractivity contribution >= 4 is 26.7 Å². The average Bonchev–Trinajstić information content (AvgIpc) is 2.70. The number of nitrogens with one attached hydrogen (secondary N) is 1. The van der Waals surface area contributed by atoms with E-state index >= 15 is 0 Å². The topological polar surface area (TPSA) is 75.3 Å². The number of pyridine rings is 1. The summed E-state index contributed by atoms with van der Waals surface area (Å²) in [4.78, 5) is 7.38. The van der Waals surface area contributed by atoms with Gasteiger partial charge in [-0.05, 0) is 31.7 Å². The Labute approximate surface area is 144 Å². The van der Waals surface area contributed by atoms with E-state index in [0.29, 0.717) is 23.3 Å². The van der Waals surface area contributed by atoms with E-state index in [1.807, 2.05) is 19.9 Å². The molecule has 0 unspecified atom stereocenters. The van der Waals surface area contributed by atoms with Crippen LogP contribution in [0.1, 0.15) is 20.8 Å². The second-order valence-corrected chi connectivity index (χ2v) is 7.02. The summed E-state index contributed by atoms with van der Waals surface area (Å²) in [6, 6.07) is 3.45. The van der Waals surface area contributed by atoms with Gasteiger partial charge >= 0.3 is 0 Å². The number of aromatic nitrogens is 2. The standard InChI is InChI=1S/C13H16N3O3S.CH3.Ir/c1-8(2)16-11-6-10-4-5-14-12(10)15-13(11)19-9(3)7-20(16,17)18;;/h4-6,8H,7H2,1-3H3,(H,14,15);1H3;/q2*-1;. The molecule has 0 bridgehead atoms. The van der Waals surface area contributed by atoms with Crippen LogP contribution in [0, 0.1) is 13.5 Å². The van der Waals surface area contributed by atoms with Gasteiger partial charge in [0, 0.05) is 37.7 Å². The first-order valence-corrected chi connectivity index (χ1v) is 8.00. The molecule has 1 radical (unpaired) electrons. The fraction of sp³-hybridized carbons (Fsp3) is 0.357. The summed E-state index contributed by atoms with van der Waals surface area (Å²) in [6.07, 6.45) is 2.19. The first-order chi connectivity index (χ1) is 9.38. The van der Waals surface area contributed by atoms with E-state index in [0.717, 1.165) is 5.39 Å². The number of rotatable bonds is 1. The molecule has 1 N–H and O–H groups in total. The van der Waals surface area contributed by atoms with Gasteiger partial charge in [-0.2, -0.15) is 11.9 Å². The third-order valence-electron chi connectivity index (χ3n) is 3.14. The Hall–Kier alpha value is -1.11. The molecular weight excluding hydrogens is 482 g/mol. The number of sulfonamides is 1. The minimum absolute atomic E-state index is 0. The molecule has 2 aromatic rings. The summed E-state index contributed by atoms with van der Waals surface area (Å²) in [5, 5.41) is 0.854. The van der Waals surface area contributed by atoms with Gasteiger partial charge in [0.25, 0.3) is 0 Å². The van der Waals surface area contributed by atoms with Crippen LogP contribution >= 0.6 is 0 Å². The van der Waals surface area contributed by atoms with Crippen molar-refractivity contribution < 1.29 is 33.3 Å². The van der Waals surface area contributed by atoms with Gasteiger partial charge < -0.3 is 17.1 Å². The molecule has 3 rings (SSSR count). The number of nitrogens with zero attached hydrogens (tertiary/aromatic N) is 2. The number of hydrogen-bond acceptors (Lipinski definition) is 4. The molecule has 3 heterocycles. The summed E-state index contributed by atoms with van der Waals surface area (Å²) in [6.45, 7) is 5.33. The molecule has 0 amide bonds. The first kappa shape index (κ1) is 18.9. The first-order valence-electron chi connectivity index (χ1n) is 6.39. The fourth-order valence-electron chi connectivity index (χ4n) is 2.46. The maximum Gasteiger partial charge on any atom is 0.210 e. The quantitative estimate of drug-likeness (QED) is 0.610. The molecule has 22 heavy (non-hydrogen) atoms. The minimum atomic E-state index is -3.45. The molecule has 1 aliphatic rings. The Kier molecular flexibility index (Phi) is 5.65. The van der Waals surface area contributed by atoms with Gasteiger partial charge in [0.05, 0.1) is 0 Å². The fourth-order valence-corrected chi connectivity index (χ4v) is 4.24. The molecular formula is C14H19IrN3O3S-2. The summed E-state index contributed by atoms with van der Waals surface area (Å²) in [5.74, 6) is 0.197. The van der Waals surface area contributed by atoms with Crippen molar-refractivity contribution in [3.8, 4) is 5.88 Å². The molecule has 1 aliphatic heterocycles. The van der Waals surface area contributed by atoms with Gasteiger partial charge in [-0.15, -0.1) is 6.10 Å². The van der Waals surface area contributed by atoms with Crippen molar-refractivity contribution in [2.75, 3.05) is 10.1 Å². The van der Waals surface area contributed by atoms with E-state index in [9.17, 15) is 8.42 Å². The number of fused-ring (bicyclic) bond motifs is 2. The Bertz CT molecular complexity index is 758. The van der Waals surface area contributed by atoms with E-state index in [4.69, 9.17) is 4.74 Å². The van der Waals surface area contributed by atoms with E-state index in [1.165, 1.54) is 4.31 Å². The van der Waals surface area contributed by atoms with Gasteiger partial charge in [-0.25, -0.2) is 8.42 Å². The normalized spacial score (nSPS) is 17.2. The molecule has 0 saturated carbocycles. The number of H-pyrrole nitrogens is 1. The van der Waals surface area contributed by atoms with Gasteiger partial charge in [0.2, 0.25) is 15.9 Å². The predicted molar refractivity (Wildman–Crippen MR) is 83.5 cm³/mol. The molecule has 2 aromatic heterocycles.